The van der Waals surface area contributed by atoms with Crippen LogP contribution in [0.25, 0.3) is 20.8 Å². The van der Waals surface area contributed by atoms with Crippen molar-refractivity contribution in [3.05, 3.63) is 34.7 Å². The first-order chi connectivity index (χ1) is 11.7. The SMILES string of the molecule is CC(=O)Nc1sc2c(c1-c1nc3ccccc3s1)C[C@@H]1CC[C@H]2N1. The number of amides is 1. The normalized spacial score (nSPS) is 21.9. The number of para-hydroxylation sites is 1. The number of fused-ring (bicyclic) bond motifs is 5. The quantitative estimate of drug-likeness (QED) is 0.719. The number of carbonyl (C=O) groups excluding carboxylic acids is 1. The van der Waals surface area contributed by atoms with Crippen molar-refractivity contribution >= 4 is 43.8 Å². The Bertz CT molecular complexity index is 925. The summed E-state index contributed by atoms with van der Waals surface area (Å²) < 4.78 is 1.19. The summed E-state index contributed by atoms with van der Waals surface area (Å²) in [4.78, 5) is 18.0. The molecule has 2 N–H and O–H groups in total. The maximum Gasteiger partial charge on any atom is 0.221 e. The highest BCUT2D eigenvalue weighted by Crippen LogP contribution is 2.50. The van der Waals surface area contributed by atoms with Gasteiger partial charge in [0.15, 0.2) is 0 Å². The van der Waals surface area contributed by atoms with E-state index in [0.29, 0.717) is 12.1 Å². The second-order valence-corrected chi connectivity index (χ2v) is 8.60. The summed E-state index contributed by atoms with van der Waals surface area (Å²) in [5.41, 5.74) is 3.59. The molecule has 2 atom stereocenters. The summed E-state index contributed by atoms with van der Waals surface area (Å²) in [5, 5.41) is 8.74. The van der Waals surface area contributed by atoms with Gasteiger partial charge in [-0.05, 0) is 37.0 Å². The first-order valence-electron chi connectivity index (χ1n) is 8.24. The van der Waals surface area contributed by atoms with E-state index in [9.17, 15) is 4.79 Å². The standard InChI is InChI=1S/C18H17N3OS2/c1-9(22)19-17-15(18-21-12-4-2-3-5-14(12)23-18)11-8-10-6-7-13(20-10)16(11)24-17/h2-5,10,13,20H,6-8H2,1H3,(H,19,22)/t10-,13+/m0/s1. The van der Waals surface area contributed by atoms with Gasteiger partial charge in [0.25, 0.3) is 0 Å². The number of benzene rings is 1. The molecule has 24 heavy (non-hydrogen) atoms. The average Bonchev–Trinajstić information content (AvgIpc) is 3.22. The van der Waals surface area contributed by atoms with Gasteiger partial charge in [0.05, 0.1) is 10.2 Å². The summed E-state index contributed by atoms with van der Waals surface area (Å²) in [7, 11) is 0. The van der Waals surface area contributed by atoms with Gasteiger partial charge in [-0.3, -0.25) is 4.79 Å². The molecule has 1 aromatic carbocycles. The van der Waals surface area contributed by atoms with E-state index in [2.05, 4.69) is 22.8 Å². The lowest BCUT2D eigenvalue weighted by Gasteiger charge is -2.21. The van der Waals surface area contributed by atoms with Crippen LogP contribution in [0.5, 0.6) is 0 Å². The number of rotatable bonds is 2. The Morgan fingerprint density at radius 1 is 1.29 bits per heavy atom. The van der Waals surface area contributed by atoms with Crippen LogP contribution in [0.2, 0.25) is 0 Å². The smallest absolute Gasteiger partial charge is 0.221 e. The third kappa shape index (κ3) is 2.21. The molecule has 1 fully saturated rings. The molecular weight excluding hydrogens is 338 g/mol. The predicted molar refractivity (Wildman–Crippen MR) is 99.8 cm³/mol. The largest absolute Gasteiger partial charge is 0.317 e. The molecule has 0 unspecified atom stereocenters. The molecule has 5 rings (SSSR count). The lowest BCUT2D eigenvalue weighted by molar-refractivity contribution is -0.114. The highest BCUT2D eigenvalue weighted by atomic mass is 32.1. The number of carbonyl (C=O) groups is 1. The van der Waals surface area contributed by atoms with Gasteiger partial charge in [-0.15, -0.1) is 22.7 Å². The van der Waals surface area contributed by atoms with E-state index in [1.54, 1.807) is 29.6 Å². The number of aromatic nitrogens is 1. The molecule has 2 aliphatic rings. The zero-order valence-electron chi connectivity index (χ0n) is 13.3. The molecule has 0 aliphatic carbocycles. The predicted octanol–water partition coefficient (Wildman–Crippen LogP) is 4.33. The van der Waals surface area contributed by atoms with Gasteiger partial charge in [0.2, 0.25) is 5.91 Å². The zero-order chi connectivity index (χ0) is 16.3. The average molecular weight is 355 g/mol. The van der Waals surface area contributed by atoms with Gasteiger partial charge >= 0.3 is 0 Å². The molecule has 0 radical (unpaired) electrons. The second-order valence-electron chi connectivity index (χ2n) is 6.51. The Morgan fingerprint density at radius 2 is 2.17 bits per heavy atom. The Kier molecular flexibility index (Phi) is 3.26. The molecule has 2 aliphatic heterocycles. The molecule has 1 amide bonds. The van der Waals surface area contributed by atoms with Crippen molar-refractivity contribution in [3.8, 4) is 10.6 Å². The van der Waals surface area contributed by atoms with Gasteiger partial charge in [0.1, 0.15) is 10.0 Å². The van der Waals surface area contributed by atoms with Gasteiger partial charge in [-0.1, -0.05) is 12.1 Å². The fourth-order valence-electron chi connectivity index (χ4n) is 3.85. The van der Waals surface area contributed by atoms with E-state index in [-0.39, 0.29) is 5.91 Å². The molecule has 122 valence electrons. The van der Waals surface area contributed by atoms with E-state index in [4.69, 9.17) is 4.98 Å². The van der Waals surface area contributed by atoms with Gasteiger partial charge in [-0.25, -0.2) is 4.98 Å². The number of hydrogen-bond donors (Lipinski definition) is 2. The van der Waals surface area contributed by atoms with Crippen LogP contribution in [0, 0.1) is 0 Å². The number of hydrogen-bond acceptors (Lipinski definition) is 5. The van der Waals surface area contributed by atoms with Crippen LogP contribution in [0.4, 0.5) is 5.00 Å². The highest BCUT2D eigenvalue weighted by molar-refractivity contribution is 7.23. The number of thiazole rings is 1. The van der Waals surface area contributed by atoms with Crippen LogP contribution < -0.4 is 10.6 Å². The molecule has 2 bridgehead atoms. The van der Waals surface area contributed by atoms with Crippen LogP contribution in [-0.2, 0) is 11.2 Å². The lowest BCUT2D eigenvalue weighted by Crippen LogP contribution is -2.30. The third-order valence-electron chi connectivity index (χ3n) is 4.84. The lowest BCUT2D eigenvalue weighted by atomic mass is 9.99. The van der Waals surface area contributed by atoms with E-state index in [0.717, 1.165) is 27.5 Å². The molecule has 4 heterocycles. The summed E-state index contributed by atoms with van der Waals surface area (Å²) in [6.07, 6.45) is 3.46. The van der Waals surface area contributed by atoms with Crippen LogP contribution in [-0.4, -0.2) is 16.9 Å². The number of nitrogens with zero attached hydrogens (tertiary/aromatic N) is 1. The first kappa shape index (κ1) is 14.6. The Morgan fingerprint density at radius 3 is 3.00 bits per heavy atom. The van der Waals surface area contributed by atoms with Crippen LogP contribution in [0.15, 0.2) is 24.3 Å². The summed E-state index contributed by atoms with van der Waals surface area (Å²) >= 11 is 3.44. The summed E-state index contributed by atoms with van der Waals surface area (Å²) in [6.45, 7) is 1.57. The number of nitrogens with one attached hydrogen (secondary N) is 2. The van der Waals surface area contributed by atoms with Gasteiger partial charge in [0, 0.05) is 29.4 Å². The monoisotopic (exact) mass is 355 g/mol. The maximum absolute atomic E-state index is 11.7. The fraction of sp³-hybridized carbons (Fsp3) is 0.333. The van der Waals surface area contributed by atoms with Crippen molar-refractivity contribution in [3.63, 3.8) is 0 Å². The Labute approximate surface area is 147 Å². The minimum absolute atomic E-state index is 0.0194. The Hall–Kier alpha value is -1.76. The van der Waals surface area contributed by atoms with Crippen molar-refractivity contribution < 1.29 is 4.79 Å². The van der Waals surface area contributed by atoms with Crippen molar-refractivity contribution in [2.45, 2.75) is 38.3 Å². The van der Waals surface area contributed by atoms with Crippen molar-refractivity contribution in [2.24, 2.45) is 0 Å². The molecule has 0 spiro atoms. The van der Waals surface area contributed by atoms with E-state index in [1.165, 1.54) is 28.0 Å². The van der Waals surface area contributed by atoms with Gasteiger partial charge < -0.3 is 10.6 Å². The number of thiophene rings is 1. The topological polar surface area (TPSA) is 54.0 Å². The van der Waals surface area contributed by atoms with Crippen molar-refractivity contribution in [2.75, 3.05) is 5.32 Å². The Balaban J connectivity index is 1.72. The zero-order valence-corrected chi connectivity index (χ0v) is 14.9. The summed E-state index contributed by atoms with van der Waals surface area (Å²) in [6, 6.07) is 9.24. The van der Waals surface area contributed by atoms with E-state index < -0.39 is 0 Å². The minimum Gasteiger partial charge on any atom is -0.317 e. The van der Waals surface area contributed by atoms with Crippen LogP contribution >= 0.6 is 22.7 Å². The van der Waals surface area contributed by atoms with Crippen LogP contribution in [0.3, 0.4) is 0 Å². The first-order valence-corrected chi connectivity index (χ1v) is 9.87. The third-order valence-corrected chi connectivity index (χ3v) is 7.16. The van der Waals surface area contributed by atoms with Gasteiger partial charge in [-0.2, -0.15) is 0 Å². The molecule has 2 aromatic heterocycles. The molecule has 4 nitrogen and oxygen atoms in total. The molecule has 6 heteroatoms. The molecule has 0 saturated carbocycles. The highest BCUT2D eigenvalue weighted by Gasteiger charge is 2.37. The fourth-order valence-corrected chi connectivity index (χ4v) is 6.34. The molecule has 3 aromatic rings. The second kappa shape index (κ2) is 5.37. The summed E-state index contributed by atoms with van der Waals surface area (Å²) in [5.74, 6) is -0.0194. The van der Waals surface area contributed by atoms with Crippen LogP contribution in [0.1, 0.15) is 36.2 Å². The van der Waals surface area contributed by atoms with E-state index >= 15 is 0 Å². The number of anilines is 1. The maximum atomic E-state index is 11.7. The van der Waals surface area contributed by atoms with Crippen molar-refractivity contribution in [1.29, 1.82) is 0 Å². The minimum atomic E-state index is -0.0194. The van der Waals surface area contributed by atoms with Crippen molar-refractivity contribution in [1.82, 2.24) is 10.3 Å². The molecule has 1 saturated heterocycles. The molecular formula is C18H17N3OS2. The van der Waals surface area contributed by atoms with E-state index in [1.807, 2.05) is 12.1 Å².